The molecule has 1 saturated heterocycles. The topological polar surface area (TPSA) is 116 Å². The molecule has 6 aliphatic rings. The first kappa shape index (κ1) is 38.2. The maximum Gasteiger partial charge on any atom is 0.328 e. The monoisotopic (exact) mass is 714 g/mol. The number of ether oxygens (including phenoxy) is 1. The molecule has 0 aromatic carbocycles. The van der Waals surface area contributed by atoms with Crippen molar-refractivity contribution in [2.45, 2.75) is 136 Å². The van der Waals surface area contributed by atoms with Gasteiger partial charge in [-0.25, -0.2) is 4.79 Å². The van der Waals surface area contributed by atoms with Crippen LogP contribution in [0.1, 0.15) is 118 Å². The minimum absolute atomic E-state index is 0.0292. The highest BCUT2D eigenvalue weighted by atomic mass is 32.2. The first-order valence-corrected chi connectivity index (χ1v) is 21.1. The zero-order chi connectivity index (χ0) is 36.4. The number of esters is 1. The molecule has 2 amide bonds. The average molecular weight is 715 g/mol. The van der Waals surface area contributed by atoms with Crippen LogP contribution >= 0.6 is 11.8 Å². The van der Waals surface area contributed by atoms with Crippen molar-refractivity contribution < 1.29 is 29.3 Å². The van der Waals surface area contributed by atoms with Gasteiger partial charge in [0.1, 0.15) is 12.1 Å². The van der Waals surface area contributed by atoms with Crippen LogP contribution in [0.2, 0.25) is 0 Å². The molecule has 8 nitrogen and oxygen atoms in total. The minimum atomic E-state index is -0.714. The van der Waals surface area contributed by atoms with E-state index in [4.69, 9.17) is 4.74 Å². The fourth-order valence-corrected chi connectivity index (χ4v) is 14.5. The van der Waals surface area contributed by atoms with E-state index in [0.29, 0.717) is 37.1 Å². The molecule has 282 valence electrons. The average Bonchev–Trinajstić information content (AvgIpc) is 3.75. The quantitative estimate of drug-likeness (QED) is 0.188. The van der Waals surface area contributed by atoms with Gasteiger partial charge in [-0.05, 0) is 148 Å². The van der Waals surface area contributed by atoms with Gasteiger partial charge in [0.25, 0.3) is 0 Å². The lowest BCUT2D eigenvalue weighted by atomic mass is 9.32. The minimum Gasteiger partial charge on any atom is -0.467 e. The molecule has 0 radical (unpaired) electrons. The number of hydrogen-bond acceptors (Lipinski definition) is 7. The fourth-order valence-electron chi connectivity index (χ4n) is 14.0. The van der Waals surface area contributed by atoms with Gasteiger partial charge in [0.05, 0.1) is 25.2 Å². The normalized spacial score (nSPS) is 45.8. The van der Waals surface area contributed by atoms with Crippen LogP contribution < -0.4 is 5.32 Å². The predicted octanol–water partition coefficient (Wildman–Crippen LogP) is 6.38. The highest BCUT2D eigenvalue weighted by Gasteiger charge is 2.72. The maximum atomic E-state index is 15.2. The second kappa shape index (κ2) is 13.7. The maximum absolute atomic E-state index is 15.2. The Kier molecular flexibility index (Phi) is 10.4. The van der Waals surface area contributed by atoms with Crippen molar-refractivity contribution in [1.82, 2.24) is 10.2 Å². The number of allylic oxidation sites excluding steroid dienone is 1. The van der Waals surface area contributed by atoms with Crippen LogP contribution in [0.5, 0.6) is 0 Å². The number of carbonyl (C=O) groups is 3. The van der Waals surface area contributed by atoms with Crippen molar-refractivity contribution in [2.75, 3.05) is 32.3 Å². The van der Waals surface area contributed by atoms with Crippen molar-refractivity contribution in [1.29, 1.82) is 0 Å². The van der Waals surface area contributed by atoms with Gasteiger partial charge < -0.3 is 25.2 Å². The van der Waals surface area contributed by atoms with Gasteiger partial charge >= 0.3 is 5.97 Å². The number of hydrogen-bond donors (Lipinski definition) is 3. The summed E-state index contributed by atoms with van der Waals surface area (Å²) >= 11 is 1.62. The van der Waals surface area contributed by atoms with E-state index in [0.717, 1.165) is 76.4 Å². The van der Waals surface area contributed by atoms with Crippen molar-refractivity contribution in [3.63, 3.8) is 0 Å². The molecule has 0 aromatic rings. The van der Waals surface area contributed by atoms with E-state index in [1.54, 1.807) is 11.8 Å². The summed E-state index contributed by atoms with van der Waals surface area (Å²) in [5.74, 6) is 1.86. The molecule has 5 aliphatic carbocycles. The second-order valence-electron chi connectivity index (χ2n) is 18.6. The van der Waals surface area contributed by atoms with Crippen molar-refractivity contribution in [3.05, 3.63) is 12.2 Å². The number of rotatable bonds is 9. The Balaban J connectivity index is 1.30. The Hall–Kier alpha value is -1.58. The summed E-state index contributed by atoms with van der Waals surface area (Å²) in [5.41, 5.74) is 0.399. The standard InChI is InChI=1S/C41H66N2O6S/c1-25(2)26-13-19-41(36(48)43-22-9-10-29(43)34(46)42-28(16-23-50-8)35(47)49-7)21-20-39(5)27(33(26)41)11-12-31-37(3)17-15-32(45)38(4,24-44)30(37)14-18-40(31,39)6/h26-33,44-45H,1,9-24H2,2-8H3,(H,42,46)/t26-,27?,28?,29-,30?,31?,32-,33?,37-,38-,39+,40+,41-/m0/s1. The third kappa shape index (κ3) is 5.46. The van der Waals surface area contributed by atoms with Gasteiger partial charge in [-0.1, -0.05) is 39.8 Å². The van der Waals surface area contributed by atoms with Crippen LogP contribution in [0.4, 0.5) is 0 Å². The Labute approximate surface area is 305 Å². The molecular formula is C41H66N2O6S. The van der Waals surface area contributed by atoms with Gasteiger partial charge in [-0.3, -0.25) is 9.59 Å². The number of nitrogens with zero attached hydrogens (tertiary/aromatic N) is 1. The number of nitrogens with one attached hydrogen (secondary N) is 1. The number of carbonyl (C=O) groups excluding carboxylic acids is 3. The molecule has 13 atom stereocenters. The van der Waals surface area contributed by atoms with E-state index >= 15 is 4.79 Å². The second-order valence-corrected chi connectivity index (χ2v) is 19.6. The first-order valence-electron chi connectivity index (χ1n) is 19.7. The van der Waals surface area contributed by atoms with Gasteiger partial charge in [-0.2, -0.15) is 11.8 Å². The van der Waals surface area contributed by atoms with Crippen molar-refractivity contribution in [2.24, 2.45) is 56.7 Å². The largest absolute Gasteiger partial charge is 0.467 e. The Morgan fingerprint density at radius 1 is 0.960 bits per heavy atom. The van der Waals surface area contributed by atoms with Crippen LogP contribution in [0.3, 0.4) is 0 Å². The fraction of sp³-hybridized carbons (Fsp3) is 0.878. The van der Waals surface area contributed by atoms with E-state index in [2.05, 4.69) is 46.5 Å². The number of thioether (sulfide) groups is 1. The molecule has 50 heavy (non-hydrogen) atoms. The highest BCUT2D eigenvalue weighted by Crippen LogP contribution is 2.77. The number of likely N-dealkylation sites (tertiary alicyclic amines) is 1. The van der Waals surface area contributed by atoms with Crippen LogP contribution in [0.15, 0.2) is 12.2 Å². The number of fused-ring (bicyclic) bond motifs is 7. The lowest BCUT2D eigenvalue weighted by Gasteiger charge is -2.73. The number of amides is 2. The molecule has 0 aromatic heterocycles. The van der Waals surface area contributed by atoms with E-state index in [1.807, 2.05) is 11.2 Å². The molecule has 6 fully saturated rings. The first-order chi connectivity index (χ1) is 23.6. The van der Waals surface area contributed by atoms with E-state index < -0.39 is 35.0 Å². The summed E-state index contributed by atoms with van der Waals surface area (Å²) in [4.78, 5) is 43.5. The van der Waals surface area contributed by atoms with Crippen molar-refractivity contribution in [3.8, 4) is 0 Å². The molecule has 0 bridgehead atoms. The molecule has 5 unspecified atom stereocenters. The smallest absolute Gasteiger partial charge is 0.328 e. The van der Waals surface area contributed by atoms with E-state index in [9.17, 15) is 19.8 Å². The summed E-state index contributed by atoms with van der Waals surface area (Å²) < 4.78 is 5.02. The molecule has 1 aliphatic heterocycles. The molecule has 3 N–H and O–H groups in total. The summed E-state index contributed by atoms with van der Waals surface area (Å²) in [6.45, 7) is 17.0. The van der Waals surface area contributed by atoms with Crippen LogP contribution in [-0.2, 0) is 19.1 Å². The van der Waals surface area contributed by atoms with Crippen LogP contribution in [0.25, 0.3) is 0 Å². The molecule has 9 heteroatoms. The molecule has 5 saturated carbocycles. The summed E-state index contributed by atoms with van der Waals surface area (Å²) in [5, 5.41) is 24.8. The van der Waals surface area contributed by atoms with Gasteiger partial charge in [0, 0.05) is 12.0 Å². The predicted molar refractivity (Wildman–Crippen MR) is 198 cm³/mol. The molecule has 6 rings (SSSR count). The lowest BCUT2D eigenvalue weighted by molar-refractivity contribution is -0.253. The third-order valence-electron chi connectivity index (χ3n) is 16.8. The Morgan fingerprint density at radius 2 is 1.70 bits per heavy atom. The SMILES string of the molecule is C=C(C)[C@@H]1CC[C@]2(C(=O)N3CCC[C@H]3C(=O)NC(CCSC)C(=O)OC)CC[C@]3(C)C(CCC4[C@@]5(C)CC[C@H](O)[C@@](C)(CO)C5CC[C@]43C)C12. The molecule has 1 heterocycles. The summed E-state index contributed by atoms with van der Waals surface area (Å²) in [7, 11) is 1.35. The van der Waals surface area contributed by atoms with Crippen LogP contribution in [0, 0.1) is 56.7 Å². The number of aliphatic hydroxyl groups excluding tert-OH is 2. The number of aliphatic hydroxyl groups is 2. The van der Waals surface area contributed by atoms with E-state index in [1.165, 1.54) is 12.7 Å². The van der Waals surface area contributed by atoms with E-state index in [-0.39, 0.29) is 46.5 Å². The molecule has 0 spiro atoms. The third-order valence-corrected chi connectivity index (χ3v) is 17.5. The van der Waals surface area contributed by atoms with Crippen molar-refractivity contribution >= 4 is 29.5 Å². The van der Waals surface area contributed by atoms with Gasteiger partial charge in [0.2, 0.25) is 11.8 Å². The zero-order valence-electron chi connectivity index (χ0n) is 32.0. The Morgan fingerprint density at radius 3 is 2.36 bits per heavy atom. The van der Waals surface area contributed by atoms with Gasteiger partial charge in [-0.15, -0.1) is 0 Å². The molecular weight excluding hydrogens is 649 g/mol. The Bertz CT molecular complexity index is 1360. The van der Waals surface area contributed by atoms with Gasteiger partial charge in [0.15, 0.2) is 0 Å². The highest BCUT2D eigenvalue weighted by molar-refractivity contribution is 7.98. The summed E-state index contributed by atoms with van der Waals surface area (Å²) in [6, 6.07) is -1.28. The zero-order valence-corrected chi connectivity index (χ0v) is 32.8. The number of methoxy groups -OCH3 is 1. The lowest BCUT2D eigenvalue weighted by Crippen LogP contribution is -2.68. The van der Waals surface area contributed by atoms with Crippen LogP contribution in [-0.4, -0.2) is 83.4 Å². The summed E-state index contributed by atoms with van der Waals surface area (Å²) in [6.07, 6.45) is 13.1.